The maximum absolute atomic E-state index is 12.9. The lowest BCUT2D eigenvalue weighted by Gasteiger charge is -2.27. The molecule has 2 amide bonds. The zero-order valence-electron chi connectivity index (χ0n) is 17.0. The van der Waals surface area contributed by atoms with Gasteiger partial charge in [0.15, 0.2) is 17.6 Å². The molecule has 0 bridgehead atoms. The van der Waals surface area contributed by atoms with E-state index in [-0.39, 0.29) is 11.8 Å². The van der Waals surface area contributed by atoms with E-state index < -0.39 is 6.10 Å². The van der Waals surface area contributed by atoms with Crippen molar-refractivity contribution in [2.24, 2.45) is 0 Å². The molecule has 2 aromatic carbocycles. The molecule has 0 radical (unpaired) electrons. The van der Waals surface area contributed by atoms with Gasteiger partial charge in [0, 0.05) is 13.1 Å². The lowest BCUT2D eigenvalue weighted by Crippen LogP contribution is -2.37. The van der Waals surface area contributed by atoms with Crippen LogP contribution in [-0.2, 0) is 4.79 Å². The Morgan fingerprint density at radius 1 is 1.00 bits per heavy atom. The largest absolute Gasteiger partial charge is 0.493 e. The Labute approximate surface area is 171 Å². The van der Waals surface area contributed by atoms with Crippen LogP contribution in [-0.4, -0.2) is 43.0 Å². The average Bonchev–Trinajstić information content (AvgIpc) is 2.78. The molecule has 1 N–H and O–H groups in total. The van der Waals surface area contributed by atoms with E-state index in [0.29, 0.717) is 29.2 Å². The van der Waals surface area contributed by atoms with Crippen LogP contribution in [0.3, 0.4) is 0 Å². The number of amides is 2. The summed E-state index contributed by atoms with van der Waals surface area (Å²) in [5.74, 6) is 0.741. The number of carbonyl (C=O) groups excluding carboxylic acids is 2. The van der Waals surface area contributed by atoms with Crippen LogP contribution >= 0.6 is 0 Å². The smallest absolute Gasteiger partial charge is 0.265 e. The van der Waals surface area contributed by atoms with Crippen LogP contribution in [0.15, 0.2) is 48.5 Å². The minimum absolute atomic E-state index is 0.0423. The van der Waals surface area contributed by atoms with E-state index in [1.807, 2.05) is 36.1 Å². The molecule has 1 fully saturated rings. The Morgan fingerprint density at radius 3 is 2.34 bits per heavy atom. The first-order valence-electron chi connectivity index (χ1n) is 10.1. The second-order valence-corrected chi connectivity index (χ2v) is 7.05. The molecular weight excluding hydrogens is 368 g/mol. The number of hydrogen-bond donors (Lipinski definition) is 1. The summed E-state index contributed by atoms with van der Waals surface area (Å²) in [4.78, 5) is 27.7. The normalized spacial score (nSPS) is 14.8. The van der Waals surface area contributed by atoms with Gasteiger partial charge in [-0.15, -0.1) is 0 Å². The molecule has 6 heteroatoms. The predicted octanol–water partition coefficient (Wildman–Crippen LogP) is 4.12. The van der Waals surface area contributed by atoms with E-state index in [0.717, 1.165) is 32.4 Å². The van der Waals surface area contributed by atoms with E-state index in [2.05, 4.69) is 5.32 Å². The van der Waals surface area contributed by atoms with Gasteiger partial charge in [0.05, 0.1) is 18.4 Å². The number of benzene rings is 2. The third kappa shape index (κ3) is 5.08. The van der Waals surface area contributed by atoms with Gasteiger partial charge in [-0.25, -0.2) is 0 Å². The molecule has 1 saturated heterocycles. The summed E-state index contributed by atoms with van der Waals surface area (Å²) < 4.78 is 11.2. The number of ether oxygens (including phenoxy) is 2. The van der Waals surface area contributed by atoms with Crippen molar-refractivity contribution in [1.82, 2.24) is 4.90 Å². The van der Waals surface area contributed by atoms with E-state index in [9.17, 15) is 9.59 Å². The van der Waals surface area contributed by atoms with Crippen LogP contribution in [0, 0.1) is 0 Å². The molecule has 1 heterocycles. The third-order valence-corrected chi connectivity index (χ3v) is 5.06. The van der Waals surface area contributed by atoms with Crippen molar-refractivity contribution in [3.05, 3.63) is 54.1 Å². The number of hydrogen-bond acceptors (Lipinski definition) is 4. The first-order chi connectivity index (χ1) is 14.1. The van der Waals surface area contributed by atoms with Gasteiger partial charge in [-0.05, 0) is 49.9 Å². The molecule has 3 rings (SSSR count). The second kappa shape index (κ2) is 9.96. The number of carbonyl (C=O) groups is 2. The van der Waals surface area contributed by atoms with Crippen molar-refractivity contribution in [2.75, 3.05) is 25.5 Å². The van der Waals surface area contributed by atoms with Crippen LogP contribution in [0.5, 0.6) is 11.5 Å². The minimum Gasteiger partial charge on any atom is -0.493 e. The Bertz CT molecular complexity index is 846. The highest BCUT2D eigenvalue weighted by molar-refractivity contribution is 6.04. The SMILES string of the molecule is CC[C@H](Oc1ccccc1OC)C(=O)Nc1ccccc1C(=O)N1CCCCC1. The third-order valence-electron chi connectivity index (χ3n) is 5.06. The molecule has 2 aromatic rings. The summed E-state index contributed by atoms with van der Waals surface area (Å²) in [5, 5.41) is 2.89. The van der Waals surface area contributed by atoms with Crippen LogP contribution in [0.25, 0.3) is 0 Å². The number of nitrogens with zero attached hydrogens (tertiary/aromatic N) is 1. The van der Waals surface area contributed by atoms with Gasteiger partial charge in [-0.2, -0.15) is 0 Å². The Kier molecular flexibility index (Phi) is 7.11. The minimum atomic E-state index is -0.704. The molecule has 1 atom stereocenters. The molecule has 1 aliphatic heterocycles. The second-order valence-electron chi connectivity index (χ2n) is 7.05. The van der Waals surface area contributed by atoms with Gasteiger partial charge >= 0.3 is 0 Å². The Morgan fingerprint density at radius 2 is 1.66 bits per heavy atom. The van der Waals surface area contributed by atoms with Gasteiger partial charge in [-0.1, -0.05) is 31.2 Å². The fourth-order valence-corrected chi connectivity index (χ4v) is 3.45. The monoisotopic (exact) mass is 396 g/mol. The molecule has 0 unspecified atom stereocenters. The van der Waals surface area contributed by atoms with Gasteiger partial charge in [0.25, 0.3) is 11.8 Å². The van der Waals surface area contributed by atoms with Crippen LogP contribution in [0.4, 0.5) is 5.69 Å². The zero-order chi connectivity index (χ0) is 20.6. The van der Waals surface area contributed by atoms with Crippen molar-refractivity contribution in [2.45, 2.75) is 38.7 Å². The van der Waals surface area contributed by atoms with Gasteiger partial charge in [0.1, 0.15) is 0 Å². The van der Waals surface area contributed by atoms with Gasteiger partial charge < -0.3 is 19.7 Å². The summed E-state index contributed by atoms with van der Waals surface area (Å²) in [6.45, 7) is 3.40. The summed E-state index contributed by atoms with van der Waals surface area (Å²) in [6, 6.07) is 14.4. The van der Waals surface area contributed by atoms with E-state index in [1.54, 1.807) is 31.4 Å². The quantitative estimate of drug-likeness (QED) is 0.765. The maximum Gasteiger partial charge on any atom is 0.265 e. The fraction of sp³-hybridized carbons (Fsp3) is 0.391. The number of nitrogens with one attached hydrogen (secondary N) is 1. The predicted molar refractivity (Wildman–Crippen MR) is 113 cm³/mol. The van der Waals surface area contributed by atoms with Gasteiger partial charge in [0.2, 0.25) is 0 Å². The van der Waals surface area contributed by atoms with Crippen LogP contribution in [0.1, 0.15) is 43.0 Å². The number of anilines is 1. The van der Waals surface area contributed by atoms with E-state index >= 15 is 0 Å². The van der Waals surface area contributed by atoms with Crippen LogP contribution < -0.4 is 14.8 Å². The highest BCUT2D eigenvalue weighted by Gasteiger charge is 2.24. The number of piperidine rings is 1. The average molecular weight is 396 g/mol. The molecule has 0 saturated carbocycles. The molecule has 0 spiro atoms. The number of likely N-dealkylation sites (tertiary alicyclic amines) is 1. The van der Waals surface area contributed by atoms with Crippen molar-refractivity contribution < 1.29 is 19.1 Å². The maximum atomic E-state index is 12.9. The van der Waals surface area contributed by atoms with Crippen molar-refractivity contribution >= 4 is 17.5 Å². The molecule has 29 heavy (non-hydrogen) atoms. The van der Waals surface area contributed by atoms with E-state index in [4.69, 9.17) is 9.47 Å². The van der Waals surface area contributed by atoms with E-state index in [1.165, 1.54) is 0 Å². The van der Waals surface area contributed by atoms with Crippen molar-refractivity contribution in [3.8, 4) is 11.5 Å². The molecule has 1 aliphatic rings. The standard InChI is InChI=1S/C23H28N2O4/c1-3-19(29-21-14-8-7-13-20(21)28-2)22(26)24-18-12-6-5-11-17(18)23(27)25-15-9-4-10-16-25/h5-8,11-14,19H,3-4,9-10,15-16H2,1-2H3,(H,24,26)/t19-/m0/s1. The highest BCUT2D eigenvalue weighted by Crippen LogP contribution is 2.28. The molecule has 6 nitrogen and oxygen atoms in total. The summed E-state index contributed by atoms with van der Waals surface area (Å²) in [6.07, 6.45) is 2.97. The summed E-state index contributed by atoms with van der Waals surface area (Å²) in [5.41, 5.74) is 1.02. The Balaban J connectivity index is 1.74. The summed E-state index contributed by atoms with van der Waals surface area (Å²) in [7, 11) is 1.56. The van der Waals surface area contributed by atoms with Crippen molar-refractivity contribution in [3.63, 3.8) is 0 Å². The molecule has 154 valence electrons. The number of rotatable bonds is 7. The zero-order valence-corrected chi connectivity index (χ0v) is 17.0. The number of methoxy groups -OCH3 is 1. The first kappa shape index (κ1) is 20.7. The summed E-state index contributed by atoms with van der Waals surface area (Å²) >= 11 is 0. The molecule has 0 aromatic heterocycles. The first-order valence-corrected chi connectivity index (χ1v) is 10.1. The molecule has 0 aliphatic carbocycles. The van der Waals surface area contributed by atoms with Gasteiger partial charge in [-0.3, -0.25) is 9.59 Å². The highest BCUT2D eigenvalue weighted by atomic mass is 16.5. The number of para-hydroxylation sites is 3. The lowest BCUT2D eigenvalue weighted by atomic mass is 10.1. The topological polar surface area (TPSA) is 67.9 Å². The Hall–Kier alpha value is -3.02. The van der Waals surface area contributed by atoms with Crippen molar-refractivity contribution in [1.29, 1.82) is 0 Å². The fourth-order valence-electron chi connectivity index (χ4n) is 3.45. The lowest BCUT2D eigenvalue weighted by molar-refractivity contribution is -0.122. The van der Waals surface area contributed by atoms with Crippen LogP contribution in [0.2, 0.25) is 0 Å². The molecular formula is C23H28N2O4.